The van der Waals surface area contributed by atoms with Crippen LogP contribution in [0, 0.1) is 4.77 Å². The van der Waals surface area contributed by atoms with Crippen LogP contribution in [0.25, 0.3) is 11.3 Å². The highest BCUT2D eigenvalue weighted by Gasteiger charge is 2.12. The number of benzene rings is 2. The van der Waals surface area contributed by atoms with E-state index in [9.17, 15) is 0 Å². The summed E-state index contributed by atoms with van der Waals surface area (Å²) in [6.07, 6.45) is 3.61. The Bertz CT molecular complexity index is 929. The van der Waals surface area contributed by atoms with E-state index in [-0.39, 0.29) is 6.79 Å². The van der Waals surface area contributed by atoms with Gasteiger partial charge in [0.2, 0.25) is 6.79 Å². The van der Waals surface area contributed by atoms with Crippen LogP contribution >= 0.6 is 12.2 Å². The second-order valence-corrected chi connectivity index (χ2v) is 5.43. The monoisotopic (exact) mass is 323 g/mol. The molecule has 0 fully saturated rings. The standard InChI is InChI=1S/C17H13N3O2S/c23-17-19-14(13-4-2-1-3-5-13)10-20(17)18-9-12-6-7-15-16(8-12)22-11-21-15/h1-10H,11H2,(H,19,23). The summed E-state index contributed by atoms with van der Waals surface area (Å²) in [4.78, 5) is 3.16. The molecule has 1 N–H and O–H groups in total. The first-order valence-electron chi connectivity index (χ1n) is 7.11. The van der Waals surface area contributed by atoms with Crippen molar-refractivity contribution in [1.29, 1.82) is 0 Å². The molecule has 4 rings (SSSR count). The van der Waals surface area contributed by atoms with Crippen LogP contribution in [0.5, 0.6) is 11.5 Å². The Hall–Kier alpha value is -2.86. The van der Waals surface area contributed by atoms with Crippen LogP contribution in [0.3, 0.4) is 0 Å². The molecule has 3 aromatic rings. The third-order valence-corrected chi connectivity index (χ3v) is 3.80. The molecule has 2 heterocycles. The lowest BCUT2D eigenvalue weighted by Crippen LogP contribution is -1.93. The van der Waals surface area contributed by atoms with Gasteiger partial charge in [0.1, 0.15) is 0 Å². The second kappa shape index (κ2) is 5.73. The number of aromatic nitrogens is 2. The summed E-state index contributed by atoms with van der Waals surface area (Å²) in [6.45, 7) is 0.263. The second-order valence-electron chi connectivity index (χ2n) is 5.04. The summed E-state index contributed by atoms with van der Waals surface area (Å²) in [5.74, 6) is 1.49. The number of rotatable bonds is 3. The van der Waals surface area contributed by atoms with E-state index in [4.69, 9.17) is 21.7 Å². The van der Waals surface area contributed by atoms with Gasteiger partial charge >= 0.3 is 0 Å². The number of fused-ring (bicyclic) bond motifs is 1. The molecule has 0 atom stereocenters. The van der Waals surface area contributed by atoms with Crippen molar-refractivity contribution < 1.29 is 9.47 Å². The molecule has 0 amide bonds. The molecule has 0 spiro atoms. The van der Waals surface area contributed by atoms with Crippen molar-refractivity contribution in [1.82, 2.24) is 9.66 Å². The zero-order valence-corrected chi connectivity index (χ0v) is 12.9. The van der Waals surface area contributed by atoms with Crippen molar-refractivity contribution in [3.05, 3.63) is 65.1 Å². The average Bonchev–Trinajstić information content (AvgIpc) is 3.19. The molecule has 0 bridgehead atoms. The highest BCUT2D eigenvalue weighted by Crippen LogP contribution is 2.32. The maximum Gasteiger partial charge on any atom is 0.231 e. The zero-order valence-electron chi connectivity index (χ0n) is 12.1. The van der Waals surface area contributed by atoms with E-state index >= 15 is 0 Å². The minimum absolute atomic E-state index is 0.263. The van der Waals surface area contributed by atoms with Crippen LogP contribution in [0.15, 0.2) is 59.8 Å². The van der Waals surface area contributed by atoms with Gasteiger partial charge in [-0.2, -0.15) is 5.10 Å². The molecule has 0 aliphatic carbocycles. The SMILES string of the molecule is S=c1[nH]c(-c2ccccc2)cn1N=Cc1ccc2c(c1)OCO2. The highest BCUT2D eigenvalue weighted by atomic mass is 32.1. The normalized spacial score (nSPS) is 12.9. The van der Waals surface area contributed by atoms with E-state index in [0.717, 1.165) is 28.3 Å². The van der Waals surface area contributed by atoms with Crippen LogP contribution in [-0.4, -0.2) is 22.7 Å². The Balaban J connectivity index is 1.62. The molecule has 0 saturated carbocycles. The van der Waals surface area contributed by atoms with Crippen LogP contribution in [0.2, 0.25) is 0 Å². The zero-order chi connectivity index (χ0) is 15.6. The fourth-order valence-corrected chi connectivity index (χ4v) is 2.57. The van der Waals surface area contributed by atoms with Crippen molar-refractivity contribution in [2.24, 2.45) is 5.10 Å². The molecule has 1 aromatic heterocycles. The van der Waals surface area contributed by atoms with Crippen molar-refractivity contribution in [2.75, 3.05) is 6.79 Å². The highest BCUT2D eigenvalue weighted by molar-refractivity contribution is 7.71. The first kappa shape index (κ1) is 13.8. The van der Waals surface area contributed by atoms with Crippen LogP contribution < -0.4 is 9.47 Å². The van der Waals surface area contributed by atoms with Gasteiger partial charge in [0.05, 0.1) is 18.1 Å². The molecular weight excluding hydrogens is 310 g/mol. The number of aromatic amines is 1. The molecule has 1 aliphatic rings. The lowest BCUT2D eigenvalue weighted by molar-refractivity contribution is 0.174. The van der Waals surface area contributed by atoms with Crippen molar-refractivity contribution in [2.45, 2.75) is 0 Å². The van der Waals surface area contributed by atoms with E-state index in [1.165, 1.54) is 0 Å². The molecular formula is C17H13N3O2S. The van der Waals surface area contributed by atoms with Crippen molar-refractivity contribution in [3.63, 3.8) is 0 Å². The topological polar surface area (TPSA) is 51.5 Å². The summed E-state index contributed by atoms with van der Waals surface area (Å²) in [5.41, 5.74) is 2.91. The van der Waals surface area contributed by atoms with Crippen molar-refractivity contribution in [3.8, 4) is 22.8 Å². The summed E-state index contributed by atoms with van der Waals surface area (Å²) in [7, 11) is 0. The van der Waals surface area contributed by atoms with Crippen LogP contribution in [0.4, 0.5) is 0 Å². The smallest absolute Gasteiger partial charge is 0.231 e. The quantitative estimate of drug-likeness (QED) is 0.589. The largest absolute Gasteiger partial charge is 0.454 e. The molecule has 0 radical (unpaired) electrons. The van der Waals surface area contributed by atoms with Gasteiger partial charge in [0.15, 0.2) is 16.3 Å². The minimum Gasteiger partial charge on any atom is -0.454 e. The number of hydrogen-bond acceptors (Lipinski definition) is 4. The van der Waals surface area contributed by atoms with Gasteiger partial charge in [-0.25, -0.2) is 4.68 Å². The molecule has 2 aromatic carbocycles. The van der Waals surface area contributed by atoms with Crippen LogP contribution in [-0.2, 0) is 0 Å². The molecule has 23 heavy (non-hydrogen) atoms. The van der Waals surface area contributed by atoms with E-state index in [0.29, 0.717) is 4.77 Å². The van der Waals surface area contributed by atoms with Crippen molar-refractivity contribution >= 4 is 18.4 Å². The van der Waals surface area contributed by atoms with Gasteiger partial charge in [-0.05, 0) is 41.5 Å². The molecule has 0 saturated heterocycles. The first-order valence-corrected chi connectivity index (χ1v) is 7.51. The predicted molar refractivity (Wildman–Crippen MR) is 90.6 cm³/mol. The maximum atomic E-state index is 5.36. The van der Waals surface area contributed by atoms with Gasteiger partial charge in [-0.1, -0.05) is 30.3 Å². The minimum atomic E-state index is 0.263. The summed E-state index contributed by atoms with van der Waals surface area (Å²) in [6, 6.07) is 15.7. The maximum absolute atomic E-state index is 5.36. The summed E-state index contributed by atoms with van der Waals surface area (Å²) >= 11 is 5.32. The van der Waals surface area contributed by atoms with E-state index in [1.807, 2.05) is 54.7 Å². The number of imidazole rings is 1. The fourth-order valence-electron chi connectivity index (χ4n) is 2.36. The average molecular weight is 323 g/mol. The third kappa shape index (κ3) is 2.76. The third-order valence-electron chi connectivity index (χ3n) is 3.51. The van der Waals surface area contributed by atoms with E-state index in [1.54, 1.807) is 10.9 Å². The number of ether oxygens (including phenoxy) is 2. The molecule has 0 unspecified atom stereocenters. The Morgan fingerprint density at radius 3 is 2.78 bits per heavy atom. The van der Waals surface area contributed by atoms with E-state index < -0.39 is 0 Å². The van der Waals surface area contributed by atoms with E-state index in [2.05, 4.69) is 10.1 Å². The van der Waals surface area contributed by atoms with Gasteiger partial charge in [0, 0.05) is 0 Å². The molecule has 1 aliphatic heterocycles. The van der Waals surface area contributed by atoms with Crippen LogP contribution in [0.1, 0.15) is 5.56 Å². The molecule has 6 heteroatoms. The first-order chi connectivity index (χ1) is 11.3. The Labute approximate surface area is 137 Å². The number of nitrogens with one attached hydrogen (secondary N) is 1. The predicted octanol–water partition coefficient (Wildman–Crippen LogP) is 3.82. The van der Waals surface area contributed by atoms with Gasteiger partial charge in [-0.15, -0.1) is 0 Å². The lowest BCUT2D eigenvalue weighted by Gasteiger charge is -1.97. The van der Waals surface area contributed by atoms with Gasteiger partial charge in [-0.3, -0.25) is 0 Å². The fraction of sp³-hybridized carbons (Fsp3) is 0.0588. The summed E-state index contributed by atoms with van der Waals surface area (Å²) in [5, 5.41) is 4.41. The Morgan fingerprint density at radius 2 is 1.91 bits per heavy atom. The number of hydrogen-bond donors (Lipinski definition) is 1. The Kier molecular flexibility index (Phi) is 3.44. The lowest BCUT2D eigenvalue weighted by atomic mass is 10.2. The molecule has 114 valence electrons. The number of H-pyrrole nitrogens is 1. The van der Waals surface area contributed by atoms with Gasteiger partial charge in [0.25, 0.3) is 0 Å². The van der Waals surface area contributed by atoms with Gasteiger partial charge < -0.3 is 14.5 Å². The summed E-state index contributed by atoms with van der Waals surface area (Å²) < 4.78 is 12.8. The molecule has 5 nitrogen and oxygen atoms in total. The number of nitrogens with zero attached hydrogens (tertiary/aromatic N) is 2. The Morgan fingerprint density at radius 1 is 1.09 bits per heavy atom.